The molecule has 0 aromatic carbocycles. The van der Waals surface area contributed by atoms with Crippen LogP contribution in [0.25, 0.3) is 0 Å². The number of nitrogens with one attached hydrogen (secondary N) is 1. The zero-order chi connectivity index (χ0) is 7.56. The predicted molar refractivity (Wildman–Crippen MR) is 36.4 cm³/mol. The van der Waals surface area contributed by atoms with E-state index in [1.807, 2.05) is 0 Å². The minimum absolute atomic E-state index is 0.150. The van der Waals surface area contributed by atoms with Crippen LogP contribution in [0.3, 0.4) is 0 Å². The number of nitrogens with two attached hydrogens (primary N) is 1. The van der Waals surface area contributed by atoms with Gasteiger partial charge in [-0.15, -0.1) is 0 Å². The summed E-state index contributed by atoms with van der Waals surface area (Å²) in [7, 11) is 1.63. The summed E-state index contributed by atoms with van der Waals surface area (Å²) >= 11 is 0. The fourth-order valence-electron chi connectivity index (χ4n) is 1.10. The summed E-state index contributed by atoms with van der Waals surface area (Å²) in [5.41, 5.74) is 5.06. The average Bonchev–Trinajstić information content (AvgIpc) is 2.34. The molecule has 1 fully saturated rings. The van der Waals surface area contributed by atoms with E-state index in [0.29, 0.717) is 6.42 Å². The van der Waals surface area contributed by atoms with Gasteiger partial charge < -0.3 is 15.8 Å². The molecule has 4 heteroatoms. The second kappa shape index (κ2) is 2.98. The Bertz CT molecular complexity index is 138. The third-order valence-electron chi connectivity index (χ3n) is 1.77. The normalized spacial score (nSPS) is 32.5. The van der Waals surface area contributed by atoms with Gasteiger partial charge in [-0.3, -0.25) is 4.79 Å². The molecule has 0 aliphatic carbocycles. The van der Waals surface area contributed by atoms with Crippen LogP contribution in [0, 0.1) is 0 Å². The summed E-state index contributed by atoms with van der Waals surface area (Å²) in [5, 5.41) is 2.96. The van der Waals surface area contributed by atoms with E-state index >= 15 is 0 Å². The van der Waals surface area contributed by atoms with Gasteiger partial charge in [0, 0.05) is 13.7 Å². The fraction of sp³-hybridized carbons (Fsp3) is 0.833. The Morgan fingerprint density at radius 2 is 2.50 bits per heavy atom. The number of methoxy groups -OCH3 is 1. The summed E-state index contributed by atoms with van der Waals surface area (Å²) in [4.78, 5) is 10.6. The molecule has 0 radical (unpaired) electrons. The van der Waals surface area contributed by atoms with E-state index in [2.05, 4.69) is 5.32 Å². The Labute approximate surface area is 59.7 Å². The maximum Gasteiger partial charge on any atom is 0.234 e. The summed E-state index contributed by atoms with van der Waals surface area (Å²) in [6, 6.07) is -0.190. The molecule has 1 unspecified atom stereocenters. The van der Waals surface area contributed by atoms with Crippen LogP contribution in [-0.2, 0) is 9.53 Å². The second-order valence-corrected chi connectivity index (χ2v) is 2.46. The quantitative estimate of drug-likeness (QED) is 0.514. The van der Waals surface area contributed by atoms with Crippen molar-refractivity contribution in [2.45, 2.75) is 18.6 Å². The van der Waals surface area contributed by atoms with E-state index in [9.17, 15) is 4.79 Å². The van der Waals surface area contributed by atoms with Crippen molar-refractivity contribution in [3.8, 4) is 0 Å². The molecule has 10 heavy (non-hydrogen) atoms. The Morgan fingerprint density at radius 1 is 1.80 bits per heavy atom. The van der Waals surface area contributed by atoms with Crippen LogP contribution in [0.4, 0.5) is 0 Å². The van der Waals surface area contributed by atoms with Crippen LogP contribution in [0.1, 0.15) is 6.42 Å². The van der Waals surface area contributed by atoms with Gasteiger partial charge in [-0.25, -0.2) is 0 Å². The zero-order valence-electron chi connectivity index (χ0n) is 5.96. The number of rotatable bonds is 2. The van der Waals surface area contributed by atoms with Crippen molar-refractivity contribution < 1.29 is 9.53 Å². The molecular formula is C6H12N2O2. The molecule has 1 aliphatic rings. The van der Waals surface area contributed by atoms with Crippen LogP contribution in [-0.4, -0.2) is 31.7 Å². The van der Waals surface area contributed by atoms with Crippen molar-refractivity contribution in [3.63, 3.8) is 0 Å². The Morgan fingerprint density at radius 3 is 2.80 bits per heavy atom. The second-order valence-electron chi connectivity index (χ2n) is 2.46. The molecule has 0 aromatic heterocycles. The monoisotopic (exact) mass is 144 g/mol. The van der Waals surface area contributed by atoms with E-state index in [-0.39, 0.29) is 18.1 Å². The van der Waals surface area contributed by atoms with E-state index in [4.69, 9.17) is 10.5 Å². The van der Waals surface area contributed by atoms with Gasteiger partial charge in [0.2, 0.25) is 5.91 Å². The van der Waals surface area contributed by atoms with E-state index in [1.165, 1.54) is 0 Å². The van der Waals surface area contributed by atoms with Gasteiger partial charge >= 0.3 is 0 Å². The molecule has 1 rings (SSSR count). The van der Waals surface area contributed by atoms with Crippen molar-refractivity contribution in [1.82, 2.24) is 5.32 Å². The SMILES string of the molecule is CO[C@@H]1CNC(C(N)=O)C1. The van der Waals surface area contributed by atoms with Crippen LogP contribution in [0.2, 0.25) is 0 Å². The van der Waals surface area contributed by atoms with Gasteiger partial charge in [0.05, 0.1) is 12.1 Å². The maximum absolute atomic E-state index is 10.6. The van der Waals surface area contributed by atoms with Crippen LogP contribution in [0.15, 0.2) is 0 Å². The largest absolute Gasteiger partial charge is 0.380 e. The Kier molecular flexibility index (Phi) is 2.24. The first-order chi connectivity index (χ1) is 4.74. The van der Waals surface area contributed by atoms with Crippen LogP contribution in [0.5, 0.6) is 0 Å². The highest BCUT2D eigenvalue weighted by molar-refractivity contribution is 5.80. The van der Waals surface area contributed by atoms with Crippen molar-refractivity contribution in [3.05, 3.63) is 0 Å². The van der Waals surface area contributed by atoms with Gasteiger partial charge in [0.25, 0.3) is 0 Å². The molecule has 1 saturated heterocycles. The van der Waals surface area contributed by atoms with E-state index in [1.54, 1.807) is 7.11 Å². The number of hydrogen-bond donors (Lipinski definition) is 2. The highest BCUT2D eigenvalue weighted by Gasteiger charge is 2.27. The minimum atomic E-state index is -0.292. The molecule has 0 spiro atoms. The number of ether oxygens (including phenoxy) is 1. The number of amides is 1. The lowest BCUT2D eigenvalue weighted by atomic mass is 10.2. The zero-order valence-corrected chi connectivity index (χ0v) is 5.96. The molecule has 1 heterocycles. The van der Waals surface area contributed by atoms with Gasteiger partial charge in [-0.05, 0) is 6.42 Å². The predicted octanol–water partition coefficient (Wildman–Crippen LogP) is -1.15. The maximum atomic E-state index is 10.6. The van der Waals surface area contributed by atoms with E-state index in [0.717, 1.165) is 6.54 Å². The molecular weight excluding hydrogens is 132 g/mol. The molecule has 2 atom stereocenters. The Balaban J connectivity index is 2.35. The van der Waals surface area contributed by atoms with Crippen molar-refractivity contribution in [2.75, 3.05) is 13.7 Å². The Hall–Kier alpha value is -0.610. The van der Waals surface area contributed by atoms with Crippen molar-refractivity contribution in [1.29, 1.82) is 0 Å². The van der Waals surface area contributed by atoms with Gasteiger partial charge in [0.15, 0.2) is 0 Å². The molecule has 4 nitrogen and oxygen atoms in total. The number of carbonyl (C=O) groups excluding carboxylic acids is 1. The highest BCUT2D eigenvalue weighted by Crippen LogP contribution is 2.08. The van der Waals surface area contributed by atoms with Gasteiger partial charge in [0.1, 0.15) is 0 Å². The third-order valence-corrected chi connectivity index (χ3v) is 1.77. The van der Waals surface area contributed by atoms with E-state index < -0.39 is 0 Å². The summed E-state index contributed by atoms with van der Waals surface area (Å²) in [5.74, 6) is -0.292. The lowest BCUT2D eigenvalue weighted by Gasteiger charge is -2.04. The van der Waals surface area contributed by atoms with Gasteiger partial charge in [-0.2, -0.15) is 0 Å². The van der Waals surface area contributed by atoms with Crippen LogP contribution >= 0.6 is 0 Å². The first-order valence-electron chi connectivity index (χ1n) is 3.29. The average molecular weight is 144 g/mol. The molecule has 0 aromatic rings. The highest BCUT2D eigenvalue weighted by atomic mass is 16.5. The summed E-state index contributed by atoms with van der Waals surface area (Å²) < 4.78 is 5.02. The molecule has 1 amide bonds. The smallest absolute Gasteiger partial charge is 0.234 e. The molecule has 0 saturated carbocycles. The standard InChI is InChI=1S/C6H12N2O2/c1-10-4-2-5(6(7)9)8-3-4/h4-5,8H,2-3H2,1H3,(H2,7,9)/t4-,5?/m0/s1. The van der Waals surface area contributed by atoms with Crippen molar-refractivity contribution in [2.24, 2.45) is 5.73 Å². The number of hydrogen-bond acceptors (Lipinski definition) is 3. The topological polar surface area (TPSA) is 64.3 Å². The number of carbonyl (C=O) groups is 1. The lowest BCUT2D eigenvalue weighted by molar-refractivity contribution is -0.119. The lowest BCUT2D eigenvalue weighted by Crippen LogP contribution is -2.36. The summed E-state index contributed by atoms with van der Waals surface area (Å²) in [6.45, 7) is 0.726. The molecule has 0 bridgehead atoms. The summed E-state index contributed by atoms with van der Waals surface area (Å²) in [6.07, 6.45) is 0.851. The molecule has 58 valence electrons. The number of primary amides is 1. The van der Waals surface area contributed by atoms with Gasteiger partial charge in [-0.1, -0.05) is 0 Å². The first-order valence-corrected chi connectivity index (χ1v) is 3.29. The molecule has 3 N–H and O–H groups in total. The van der Waals surface area contributed by atoms with Crippen molar-refractivity contribution >= 4 is 5.91 Å². The molecule has 1 aliphatic heterocycles. The van der Waals surface area contributed by atoms with Crippen LogP contribution < -0.4 is 11.1 Å². The first kappa shape index (κ1) is 7.50. The fourth-order valence-corrected chi connectivity index (χ4v) is 1.10. The third kappa shape index (κ3) is 1.46. The minimum Gasteiger partial charge on any atom is -0.380 e.